The Kier molecular flexibility index (Phi) is 6.14. The number of hydrogen-bond acceptors (Lipinski definition) is 5. The van der Waals surface area contributed by atoms with Crippen LogP contribution in [0, 0.1) is 25.6 Å². The Bertz CT molecular complexity index is 1070. The van der Waals surface area contributed by atoms with Gasteiger partial charge in [0.1, 0.15) is 5.82 Å². The Morgan fingerprint density at radius 2 is 1.90 bits per heavy atom. The summed E-state index contributed by atoms with van der Waals surface area (Å²) in [6.07, 6.45) is 1.87. The van der Waals surface area contributed by atoms with Gasteiger partial charge in [-0.2, -0.15) is 0 Å². The molecule has 1 amide bonds. The van der Waals surface area contributed by atoms with Gasteiger partial charge in [0.05, 0.1) is 15.8 Å². The molecule has 2 heterocycles. The van der Waals surface area contributed by atoms with Gasteiger partial charge in [-0.05, 0) is 86.7 Å². The van der Waals surface area contributed by atoms with E-state index >= 15 is 0 Å². The quantitative estimate of drug-likeness (QED) is 0.615. The Hall–Kier alpha value is -2.29. The molecule has 3 N–H and O–H groups in total. The topological polar surface area (TPSA) is 87.3 Å². The number of carbonyl (C=O) groups is 1. The third-order valence-corrected chi connectivity index (χ3v) is 8.24. The molecular formula is C23H28FN3O3S. The van der Waals surface area contributed by atoms with Gasteiger partial charge in [-0.3, -0.25) is 4.79 Å². The predicted octanol–water partition coefficient (Wildman–Crippen LogP) is 2.23. The van der Waals surface area contributed by atoms with Gasteiger partial charge >= 0.3 is 0 Å². The van der Waals surface area contributed by atoms with E-state index in [0.717, 1.165) is 31.5 Å². The molecule has 0 aromatic heterocycles. The van der Waals surface area contributed by atoms with Crippen LogP contribution in [0.1, 0.15) is 29.5 Å². The molecule has 2 aliphatic rings. The fourth-order valence-corrected chi connectivity index (χ4v) is 6.03. The zero-order chi connectivity index (χ0) is 22.2. The second-order valence-corrected chi connectivity index (χ2v) is 10.5. The minimum Gasteiger partial charge on any atom is -0.351 e. The van der Waals surface area contributed by atoms with Crippen molar-refractivity contribution in [2.75, 3.05) is 13.1 Å². The maximum atomic E-state index is 13.7. The SMILES string of the molecule is Cc1cc(S(=O)(=O)c2ccc(CNC(=O)C3CC4CNCCC4N3)cc2)c(C)cc1F. The van der Waals surface area contributed by atoms with Crippen LogP contribution in [0.25, 0.3) is 0 Å². The molecule has 2 aromatic carbocycles. The van der Waals surface area contributed by atoms with Gasteiger partial charge in [0, 0.05) is 12.6 Å². The van der Waals surface area contributed by atoms with Gasteiger partial charge in [0.25, 0.3) is 0 Å². The van der Waals surface area contributed by atoms with E-state index in [9.17, 15) is 17.6 Å². The van der Waals surface area contributed by atoms with Crippen molar-refractivity contribution in [3.05, 3.63) is 58.9 Å². The minimum atomic E-state index is -3.75. The van der Waals surface area contributed by atoms with Crippen molar-refractivity contribution in [1.82, 2.24) is 16.0 Å². The summed E-state index contributed by atoms with van der Waals surface area (Å²) in [6, 6.07) is 9.30. The van der Waals surface area contributed by atoms with Crippen LogP contribution in [-0.2, 0) is 21.2 Å². The molecule has 2 aliphatic heterocycles. The third-order valence-electron chi connectivity index (χ3n) is 6.32. The van der Waals surface area contributed by atoms with Crippen LogP contribution in [-0.4, -0.2) is 39.5 Å². The lowest BCUT2D eigenvalue weighted by Gasteiger charge is -2.25. The Morgan fingerprint density at radius 3 is 2.61 bits per heavy atom. The third kappa shape index (κ3) is 4.51. The summed E-state index contributed by atoms with van der Waals surface area (Å²) in [5, 5.41) is 9.75. The number of rotatable bonds is 5. The largest absolute Gasteiger partial charge is 0.351 e. The van der Waals surface area contributed by atoms with Crippen LogP contribution < -0.4 is 16.0 Å². The summed E-state index contributed by atoms with van der Waals surface area (Å²) in [5.41, 5.74) is 1.48. The standard InChI is InChI=1S/C23H28FN3O3S/c1-14-10-22(15(2)9-19(14)24)31(29,30)18-5-3-16(4-6-18)12-26-23(28)21-11-17-13-25-8-7-20(17)27-21/h3-6,9-10,17,20-21,25,27H,7-8,11-13H2,1-2H3,(H,26,28). The lowest BCUT2D eigenvalue weighted by atomic mass is 9.94. The number of halogens is 1. The first-order valence-electron chi connectivity index (χ1n) is 10.6. The molecule has 3 atom stereocenters. The van der Waals surface area contributed by atoms with Crippen molar-refractivity contribution in [3.8, 4) is 0 Å². The second-order valence-electron chi connectivity index (χ2n) is 8.55. The van der Waals surface area contributed by atoms with Crippen LogP contribution in [0.4, 0.5) is 4.39 Å². The average Bonchev–Trinajstić information content (AvgIpc) is 3.19. The molecule has 0 radical (unpaired) electrons. The predicted molar refractivity (Wildman–Crippen MR) is 116 cm³/mol. The zero-order valence-corrected chi connectivity index (χ0v) is 18.6. The number of nitrogens with one attached hydrogen (secondary N) is 3. The maximum absolute atomic E-state index is 13.7. The summed E-state index contributed by atoms with van der Waals surface area (Å²) in [7, 11) is -3.75. The van der Waals surface area contributed by atoms with Gasteiger partial charge in [0.15, 0.2) is 0 Å². The summed E-state index contributed by atoms with van der Waals surface area (Å²) < 4.78 is 39.7. The molecule has 0 saturated carbocycles. The molecule has 0 spiro atoms. The maximum Gasteiger partial charge on any atom is 0.237 e. The number of hydrogen-bond donors (Lipinski definition) is 3. The van der Waals surface area contributed by atoms with E-state index in [4.69, 9.17) is 0 Å². The first-order chi connectivity index (χ1) is 14.8. The molecule has 8 heteroatoms. The van der Waals surface area contributed by atoms with Crippen molar-refractivity contribution in [3.63, 3.8) is 0 Å². The van der Waals surface area contributed by atoms with E-state index < -0.39 is 15.7 Å². The molecule has 3 unspecified atom stereocenters. The lowest BCUT2D eigenvalue weighted by Crippen LogP contribution is -2.45. The normalized spacial score (nSPS) is 23.4. The Labute approximate surface area is 182 Å². The number of aryl methyl sites for hydroxylation is 2. The van der Waals surface area contributed by atoms with E-state index in [2.05, 4.69) is 16.0 Å². The molecule has 4 rings (SSSR count). The van der Waals surface area contributed by atoms with E-state index in [1.807, 2.05) is 0 Å². The highest BCUT2D eigenvalue weighted by atomic mass is 32.2. The number of piperidine rings is 1. The number of amides is 1. The van der Waals surface area contributed by atoms with Crippen LogP contribution in [0.3, 0.4) is 0 Å². The van der Waals surface area contributed by atoms with E-state index in [-0.39, 0.29) is 21.7 Å². The highest BCUT2D eigenvalue weighted by molar-refractivity contribution is 7.91. The highest BCUT2D eigenvalue weighted by Crippen LogP contribution is 2.27. The van der Waals surface area contributed by atoms with Gasteiger partial charge < -0.3 is 16.0 Å². The fourth-order valence-electron chi connectivity index (χ4n) is 4.47. The number of benzene rings is 2. The molecule has 166 valence electrons. The summed E-state index contributed by atoms with van der Waals surface area (Å²) >= 11 is 0. The van der Waals surface area contributed by atoms with Gasteiger partial charge in [0.2, 0.25) is 15.7 Å². The number of fused-ring (bicyclic) bond motifs is 1. The highest BCUT2D eigenvalue weighted by Gasteiger charge is 2.38. The fraction of sp³-hybridized carbons (Fsp3) is 0.435. The number of carbonyl (C=O) groups excluding carboxylic acids is 1. The summed E-state index contributed by atoms with van der Waals surface area (Å²) in [6.45, 7) is 5.39. The van der Waals surface area contributed by atoms with Gasteiger partial charge in [-0.15, -0.1) is 0 Å². The monoisotopic (exact) mass is 445 g/mol. The van der Waals surface area contributed by atoms with Crippen molar-refractivity contribution in [2.45, 2.75) is 55.1 Å². The van der Waals surface area contributed by atoms with E-state index in [1.165, 1.54) is 24.3 Å². The van der Waals surface area contributed by atoms with Gasteiger partial charge in [-0.1, -0.05) is 12.1 Å². The molecule has 2 saturated heterocycles. The smallest absolute Gasteiger partial charge is 0.237 e. The summed E-state index contributed by atoms with van der Waals surface area (Å²) in [5.74, 6) is 0.0471. The average molecular weight is 446 g/mol. The Balaban J connectivity index is 1.40. The first kappa shape index (κ1) is 21.9. The van der Waals surface area contributed by atoms with Gasteiger partial charge in [-0.25, -0.2) is 12.8 Å². The Morgan fingerprint density at radius 1 is 1.16 bits per heavy atom. The molecule has 6 nitrogen and oxygen atoms in total. The van der Waals surface area contributed by atoms with E-state index in [1.54, 1.807) is 26.0 Å². The lowest BCUT2D eigenvalue weighted by molar-refractivity contribution is -0.123. The first-order valence-corrected chi connectivity index (χ1v) is 12.1. The van der Waals surface area contributed by atoms with Crippen LogP contribution in [0.2, 0.25) is 0 Å². The van der Waals surface area contributed by atoms with Crippen LogP contribution in [0.5, 0.6) is 0 Å². The van der Waals surface area contributed by atoms with E-state index in [0.29, 0.717) is 29.6 Å². The minimum absolute atomic E-state index is 0.0245. The second kappa shape index (κ2) is 8.68. The van der Waals surface area contributed by atoms with Crippen molar-refractivity contribution < 1.29 is 17.6 Å². The van der Waals surface area contributed by atoms with Crippen molar-refractivity contribution >= 4 is 15.7 Å². The molecule has 0 aliphatic carbocycles. The summed E-state index contributed by atoms with van der Waals surface area (Å²) in [4.78, 5) is 12.8. The van der Waals surface area contributed by atoms with Crippen molar-refractivity contribution in [2.24, 2.45) is 5.92 Å². The zero-order valence-electron chi connectivity index (χ0n) is 17.7. The number of sulfone groups is 1. The molecule has 2 aromatic rings. The van der Waals surface area contributed by atoms with Crippen molar-refractivity contribution in [1.29, 1.82) is 0 Å². The molecular weight excluding hydrogens is 417 g/mol. The van der Waals surface area contributed by atoms with Crippen LogP contribution >= 0.6 is 0 Å². The molecule has 0 bridgehead atoms. The molecule has 2 fully saturated rings. The molecule has 31 heavy (non-hydrogen) atoms. The van der Waals surface area contributed by atoms with Crippen LogP contribution in [0.15, 0.2) is 46.2 Å².